The van der Waals surface area contributed by atoms with E-state index in [1.807, 2.05) is 35.9 Å². The van der Waals surface area contributed by atoms with Gasteiger partial charge in [0.15, 0.2) is 0 Å². The molecule has 50 valence electrons. The predicted octanol–water partition coefficient (Wildman–Crippen LogP) is 1.89. The van der Waals surface area contributed by atoms with Crippen molar-refractivity contribution in [1.29, 1.82) is 0 Å². The van der Waals surface area contributed by atoms with E-state index in [0.29, 0.717) is 0 Å². The summed E-state index contributed by atoms with van der Waals surface area (Å²) in [6, 6.07) is 8.18. The topological polar surface area (TPSA) is 0 Å². The molecule has 0 nitrogen and oxygen atoms in total. The summed E-state index contributed by atoms with van der Waals surface area (Å²) < 4.78 is 2.90. The van der Waals surface area contributed by atoms with Crippen molar-refractivity contribution in [2.45, 2.75) is 4.90 Å². The molecule has 0 unspecified atom stereocenters. The van der Waals surface area contributed by atoms with Crippen molar-refractivity contribution >= 4 is 29.5 Å². The second-order valence-electron chi connectivity index (χ2n) is 2.08. The summed E-state index contributed by atoms with van der Waals surface area (Å²) in [4.78, 5) is 1.25. The maximum atomic E-state index is 3.06. The van der Waals surface area contributed by atoms with Crippen LogP contribution in [0.5, 0.6) is 0 Å². The van der Waals surface area contributed by atoms with E-state index in [1.54, 1.807) is 11.8 Å². The van der Waals surface area contributed by atoms with Crippen LogP contribution >= 0.6 is 11.8 Å². The van der Waals surface area contributed by atoms with Crippen LogP contribution in [0.25, 0.3) is 0 Å². The first kappa shape index (κ1) is 8.82. The van der Waals surface area contributed by atoms with Gasteiger partial charge < -0.3 is 0 Å². The van der Waals surface area contributed by atoms with Crippen molar-refractivity contribution in [3.63, 3.8) is 0 Å². The summed E-state index contributed by atoms with van der Waals surface area (Å²) in [5, 5.41) is 0. The molecule has 0 spiro atoms. The van der Waals surface area contributed by atoms with Gasteiger partial charge in [-0.15, -0.1) is 0 Å². The van der Waals surface area contributed by atoms with Gasteiger partial charge in [0, 0.05) is 0 Å². The third kappa shape index (κ3) is 2.35. The fourth-order valence-corrected chi connectivity index (χ4v) is 1.44. The summed E-state index contributed by atoms with van der Waals surface area (Å²) >= 11 is 3.59. The number of rotatable bonds is 1. The molecule has 0 N–H and O–H groups in total. The summed E-state index contributed by atoms with van der Waals surface area (Å²) in [6.45, 7) is 0. The molecule has 11 heavy (non-hydrogen) atoms. The molecule has 0 heterocycles. The van der Waals surface area contributed by atoms with E-state index in [1.165, 1.54) is 4.90 Å². The number of hydrogen-bond donors (Lipinski definition) is 0. The zero-order valence-electron chi connectivity index (χ0n) is 6.72. The van der Waals surface area contributed by atoms with Crippen LogP contribution in [0.1, 0.15) is 5.56 Å². The van der Waals surface area contributed by atoms with Gasteiger partial charge in [0.05, 0.1) is 0 Å². The molecule has 0 saturated carbocycles. The molecule has 0 atom stereocenters. The summed E-state index contributed by atoms with van der Waals surface area (Å²) in [7, 11) is 0. The predicted molar refractivity (Wildman–Crippen MR) is 50.9 cm³/mol. The second kappa shape index (κ2) is 4.57. The Balaban J connectivity index is 3.09. The van der Waals surface area contributed by atoms with Gasteiger partial charge in [-0.2, -0.15) is 0 Å². The van der Waals surface area contributed by atoms with Crippen molar-refractivity contribution in [2.24, 2.45) is 0 Å². The second-order valence-corrected chi connectivity index (χ2v) is 2.92. The van der Waals surface area contributed by atoms with Gasteiger partial charge in [0.25, 0.3) is 0 Å². The van der Waals surface area contributed by atoms with Crippen LogP contribution in [-0.2, 0) is 0 Å². The van der Waals surface area contributed by atoms with Crippen LogP contribution in [0.3, 0.4) is 0 Å². The SMILES string of the molecule is [Li][C]#Cc1ccccc1SC. The standard InChI is InChI=1S/C9H7S.Li/c1-3-8-6-4-5-7-9(8)10-2;/h4-7H,2H3;. The Morgan fingerprint density at radius 3 is 2.73 bits per heavy atom. The quantitative estimate of drug-likeness (QED) is 0.338. The van der Waals surface area contributed by atoms with Crippen molar-refractivity contribution in [1.82, 2.24) is 0 Å². The number of thioether (sulfide) groups is 1. The van der Waals surface area contributed by atoms with Crippen LogP contribution < -0.4 is 0 Å². The van der Waals surface area contributed by atoms with Crippen molar-refractivity contribution < 1.29 is 0 Å². The molecule has 0 aliphatic rings. The Morgan fingerprint density at radius 2 is 2.09 bits per heavy atom. The van der Waals surface area contributed by atoms with E-state index in [9.17, 15) is 0 Å². The van der Waals surface area contributed by atoms with Gasteiger partial charge in [-0.1, -0.05) is 0 Å². The molecule has 0 radical (unpaired) electrons. The monoisotopic (exact) mass is 154 g/mol. The molecule has 0 aliphatic heterocycles. The third-order valence-electron chi connectivity index (χ3n) is 1.37. The fraction of sp³-hybridized carbons (Fsp3) is 0.111. The van der Waals surface area contributed by atoms with Crippen molar-refractivity contribution in [3.8, 4) is 10.5 Å². The molecule has 0 amide bonds. The molecule has 1 aromatic carbocycles. The van der Waals surface area contributed by atoms with Crippen LogP contribution in [0.15, 0.2) is 29.2 Å². The Labute approximate surface area is 81.0 Å². The van der Waals surface area contributed by atoms with Gasteiger partial charge in [-0.25, -0.2) is 0 Å². The maximum absolute atomic E-state index is 3.06. The van der Waals surface area contributed by atoms with Crippen LogP contribution in [-0.4, -0.2) is 24.0 Å². The van der Waals surface area contributed by atoms with Gasteiger partial charge in [0.2, 0.25) is 0 Å². The molecule has 1 aromatic rings. The Hall–Kier alpha value is -0.273. The van der Waals surface area contributed by atoms with Crippen molar-refractivity contribution in [3.05, 3.63) is 29.8 Å². The first-order valence-corrected chi connectivity index (χ1v) is 4.66. The van der Waals surface area contributed by atoms with E-state index in [-0.39, 0.29) is 0 Å². The molecule has 0 saturated heterocycles. The summed E-state index contributed by atoms with van der Waals surface area (Å²) in [5.74, 6) is 3.06. The number of hydrogen-bond acceptors (Lipinski definition) is 1. The molecular formula is C9H7LiS. The van der Waals surface area contributed by atoms with Gasteiger partial charge >= 0.3 is 81.0 Å². The minimum absolute atomic E-state index is 1.13. The van der Waals surface area contributed by atoms with Crippen molar-refractivity contribution in [2.75, 3.05) is 6.26 Å². The van der Waals surface area contributed by atoms with Gasteiger partial charge in [-0.3, -0.25) is 0 Å². The number of benzene rings is 1. The van der Waals surface area contributed by atoms with Gasteiger partial charge in [0.1, 0.15) is 0 Å². The third-order valence-corrected chi connectivity index (χ3v) is 2.16. The average Bonchev–Trinajstić information content (AvgIpc) is 2.06. The van der Waals surface area contributed by atoms with Crippen LogP contribution in [0, 0.1) is 10.5 Å². The first-order chi connectivity index (χ1) is 5.38. The van der Waals surface area contributed by atoms with E-state index in [2.05, 4.69) is 22.8 Å². The molecule has 0 aromatic heterocycles. The minimum atomic E-state index is 1.13. The van der Waals surface area contributed by atoms with Crippen LogP contribution in [0.2, 0.25) is 0 Å². The van der Waals surface area contributed by atoms with Crippen LogP contribution in [0.4, 0.5) is 0 Å². The Morgan fingerprint density at radius 1 is 1.36 bits per heavy atom. The Bertz CT molecular complexity index is 296. The molecule has 0 bridgehead atoms. The molecule has 0 fully saturated rings. The first-order valence-electron chi connectivity index (χ1n) is 3.44. The Kier molecular flexibility index (Phi) is 3.67. The molecule has 2 heteroatoms. The van der Waals surface area contributed by atoms with E-state index < -0.39 is 0 Å². The molecule has 0 aliphatic carbocycles. The zero-order chi connectivity index (χ0) is 8.10. The molecular weight excluding hydrogens is 147 g/mol. The van der Waals surface area contributed by atoms with E-state index in [0.717, 1.165) is 5.56 Å². The zero-order valence-corrected chi connectivity index (χ0v) is 7.53. The fourth-order valence-electron chi connectivity index (χ4n) is 0.883. The average molecular weight is 154 g/mol. The molecule has 1 rings (SSSR count). The van der Waals surface area contributed by atoms with Gasteiger partial charge in [-0.05, 0) is 0 Å². The van der Waals surface area contributed by atoms with E-state index in [4.69, 9.17) is 0 Å². The summed E-state index contributed by atoms with van der Waals surface area (Å²) in [6.07, 6.45) is 2.07. The van der Waals surface area contributed by atoms with E-state index >= 15 is 0 Å². The normalized spacial score (nSPS) is 8.64. The summed E-state index contributed by atoms with van der Waals surface area (Å²) in [5.41, 5.74) is 1.13.